The van der Waals surface area contributed by atoms with Crippen LogP contribution in [0.1, 0.15) is 13.3 Å². The van der Waals surface area contributed by atoms with Crippen molar-refractivity contribution in [1.82, 2.24) is 0 Å². The van der Waals surface area contributed by atoms with Crippen LogP contribution >= 0.6 is 25.5 Å². The molecule has 0 heterocycles. The van der Waals surface area contributed by atoms with Gasteiger partial charge in [-0.05, 0) is 0 Å². The van der Waals surface area contributed by atoms with Gasteiger partial charge in [-0.25, -0.2) is 12.1 Å². The average Bonchev–Trinajstić information content (AvgIpc) is 2.40. The van der Waals surface area contributed by atoms with E-state index in [4.69, 9.17) is 25.5 Å². The van der Waals surface area contributed by atoms with Gasteiger partial charge in [-0.2, -0.15) is 24.6 Å². The van der Waals surface area contributed by atoms with Gasteiger partial charge < -0.3 is 6.92 Å². The van der Waals surface area contributed by atoms with Crippen molar-refractivity contribution in [2.75, 3.05) is 0 Å². The summed E-state index contributed by atoms with van der Waals surface area (Å²) in [6.45, 7) is 5.50. The molecule has 0 aliphatic rings. The first-order chi connectivity index (χ1) is 5.65. The maximum atomic E-state index is 5.00. The Bertz CT molecular complexity index is 109. The van der Waals surface area contributed by atoms with Gasteiger partial charge in [0.1, 0.15) is 0 Å². The van der Waals surface area contributed by atoms with Crippen molar-refractivity contribution in [3.63, 3.8) is 0 Å². The van der Waals surface area contributed by atoms with E-state index in [1.807, 2.05) is 37.3 Å². The van der Waals surface area contributed by atoms with Crippen molar-refractivity contribution in [3.05, 3.63) is 37.3 Å². The molecule has 71 valence electrons. The van der Waals surface area contributed by atoms with E-state index in [9.17, 15) is 0 Å². The molecule has 0 saturated heterocycles. The molecule has 12 heavy (non-hydrogen) atoms. The summed E-state index contributed by atoms with van der Waals surface area (Å²) >= 11 is -2.13. The van der Waals surface area contributed by atoms with E-state index in [1.54, 1.807) is 0 Å². The van der Waals surface area contributed by atoms with Gasteiger partial charge >= 0.3 is 43.7 Å². The number of rotatable bonds is 0. The van der Waals surface area contributed by atoms with Gasteiger partial charge in [0.25, 0.3) is 0 Å². The van der Waals surface area contributed by atoms with Crippen LogP contribution in [0.3, 0.4) is 0 Å². The Labute approximate surface area is 93.5 Å². The minimum atomic E-state index is -2.13. The zero-order valence-corrected chi connectivity index (χ0v) is 11.7. The summed E-state index contributed by atoms with van der Waals surface area (Å²) < 4.78 is 0. The SMILES string of the molecule is [CH2-]CC.[Cl][Zr]([Cl])[Cl].c1cc[cH-]c1. The van der Waals surface area contributed by atoms with Crippen molar-refractivity contribution in [2.24, 2.45) is 0 Å². The molecule has 4 heteroatoms. The van der Waals surface area contributed by atoms with Crippen LogP contribution in [0.15, 0.2) is 30.3 Å². The van der Waals surface area contributed by atoms with Crippen molar-refractivity contribution in [2.45, 2.75) is 13.3 Å². The van der Waals surface area contributed by atoms with Crippen molar-refractivity contribution >= 4 is 25.5 Å². The van der Waals surface area contributed by atoms with Gasteiger partial charge in [0.2, 0.25) is 0 Å². The van der Waals surface area contributed by atoms with Crippen LogP contribution in [-0.2, 0) is 18.2 Å². The predicted molar refractivity (Wildman–Crippen MR) is 55.2 cm³/mol. The van der Waals surface area contributed by atoms with Crippen molar-refractivity contribution < 1.29 is 18.2 Å². The van der Waals surface area contributed by atoms with E-state index in [2.05, 4.69) is 6.92 Å². The molecular formula is C8H12Cl3Zr-2. The molecule has 1 aromatic carbocycles. The molecule has 0 saturated carbocycles. The van der Waals surface area contributed by atoms with E-state index in [0.29, 0.717) is 0 Å². The van der Waals surface area contributed by atoms with Crippen molar-refractivity contribution in [1.29, 1.82) is 0 Å². The predicted octanol–water partition coefficient (Wildman–Crippen LogP) is 4.70. The third kappa shape index (κ3) is 30.4. The summed E-state index contributed by atoms with van der Waals surface area (Å²) in [5, 5.41) is 0. The maximum absolute atomic E-state index is 5.00. The van der Waals surface area contributed by atoms with Crippen LogP contribution in [0, 0.1) is 6.92 Å². The monoisotopic (exact) mass is 303 g/mol. The average molecular weight is 306 g/mol. The van der Waals surface area contributed by atoms with Crippen LogP contribution in [0.2, 0.25) is 0 Å². The Morgan fingerprint density at radius 3 is 1.58 bits per heavy atom. The summed E-state index contributed by atoms with van der Waals surface area (Å²) in [6.07, 6.45) is 1.00. The van der Waals surface area contributed by atoms with Gasteiger partial charge in [-0.15, -0.1) is 0 Å². The molecule has 0 fully saturated rings. The second-order valence-electron chi connectivity index (χ2n) is 1.68. The maximum Gasteiger partial charge on any atom is -0.172 e. The number of hydrogen-bond acceptors (Lipinski definition) is 0. The fourth-order valence-corrected chi connectivity index (χ4v) is 0.321. The molecule has 0 aliphatic carbocycles. The van der Waals surface area contributed by atoms with Crippen LogP contribution in [-0.4, -0.2) is 0 Å². The number of hydrogen-bond donors (Lipinski definition) is 0. The van der Waals surface area contributed by atoms with Crippen LogP contribution in [0.25, 0.3) is 0 Å². The summed E-state index contributed by atoms with van der Waals surface area (Å²) in [4.78, 5) is 0. The van der Waals surface area contributed by atoms with Gasteiger partial charge in [-0.1, -0.05) is 6.92 Å². The van der Waals surface area contributed by atoms with Crippen molar-refractivity contribution in [3.8, 4) is 0 Å². The molecule has 0 radical (unpaired) electrons. The Kier molecular flexibility index (Phi) is 19.0. The fraction of sp³-hybridized carbons (Fsp3) is 0.250. The van der Waals surface area contributed by atoms with Crippen LogP contribution in [0.4, 0.5) is 0 Å². The zero-order valence-electron chi connectivity index (χ0n) is 6.93. The Balaban J connectivity index is 0. The molecule has 0 aromatic heterocycles. The topological polar surface area (TPSA) is 0 Å². The summed E-state index contributed by atoms with van der Waals surface area (Å²) in [5.41, 5.74) is 0. The summed E-state index contributed by atoms with van der Waals surface area (Å²) in [7, 11) is 15.0. The largest absolute Gasteiger partial charge is 0.214 e. The molecule has 1 rings (SSSR count). The Morgan fingerprint density at radius 2 is 1.50 bits per heavy atom. The quantitative estimate of drug-likeness (QED) is 0.609. The second kappa shape index (κ2) is 14.6. The molecule has 0 N–H and O–H groups in total. The van der Waals surface area contributed by atoms with Gasteiger partial charge in [0.05, 0.1) is 0 Å². The second-order valence-corrected chi connectivity index (χ2v) is 12.9. The molecule has 0 amide bonds. The smallest absolute Gasteiger partial charge is 0.172 e. The molecule has 0 aliphatic heterocycles. The standard InChI is InChI=1S/C5H5.C3H7.3ClH.Zr/c1-2-4-5-3-1;1-3-2;;;;/h1-5H;1,3H2,2H3;3*1H;/q2*-1;;;;+3/p-3. The molecule has 0 unspecified atom stereocenters. The van der Waals surface area contributed by atoms with Gasteiger partial charge in [0.15, 0.2) is 0 Å². The van der Waals surface area contributed by atoms with E-state index >= 15 is 0 Å². The van der Waals surface area contributed by atoms with E-state index in [0.717, 1.165) is 6.42 Å². The van der Waals surface area contributed by atoms with Crippen LogP contribution < -0.4 is 0 Å². The summed E-state index contributed by atoms with van der Waals surface area (Å²) in [6, 6.07) is 10.0. The molecule has 0 atom stereocenters. The van der Waals surface area contributed by atoms with Gasteiger partial charge in [-0.3, -0.25) is 0 Å². The first kappa shape index (κ1) is 15.6. The van der Waals surface area contributed by atoms with Crippen LogP contribution in [0.5, 0.6) is 0 Å². The molecular weight excluding hydrogens is 294 g/mol. The fourth-order valence-electron chi connectivity index (χ4n) is 0.321. The molecule has 0 bridgehead atoms. The minimum absolute atomic E-state index is 1.00. The molecule has 1 aromatic rings. The van der Waals surface area contributed by atoms with E-state index < -0.39 is 18.2 Å². The first-order valence-electron chi connectivity index (χ1n) is 3.44. The van der Waals surface area contributed by atoms with E-state index in [1.165, 1.54) is 0 Å². The van der Waals surface area contributed by atoms with Gasteiger partial charge in [0, 0.05) is 0 Å². The third-order valence-electron chi connectivity index (χ3n) is 0.556. The first-order valence-corrected chi connectivity index (χ1v) is 12.9. The number of halogens is 3. The minimum Gasteiger partial charge on any atom is -0.214 e. The Hall–Kier alpha value is 1.10. The molecule has 0 nitrogen and oxygen atoms in total. The Morgan fingerprint density at radius 1 is 1.25 bits per heavy atom. The zero-order chi connectivity index (χ0) is 9.82. The van der Waals surface area contributed by atoms with E-state index in [-0.39, 0.29) is 0 Å². The summed E-state index contributed by atoms with van der Waals surface area (Å²) in [5.74, 6) is 0. The third-order valence-corrected chi connectivity index (χ3v) is 0.556. The molecule has 0 spiro atoms. The normalized spacial score (nSPS) is 7.08.